The van der Waals surface area contributed by atoms with Crippen LogP contribution in [0, 0.1) is 11.3 Å². The number of nitrogens with zero attached hydrogens (tertiary/aromatic N) is 3. The number of hydrogen-bond acceptors (Lipinski definition) is 2. The molecule has 0 saturated heterocycles. The SMILES string of the molecule is CC(C)(C)c1ccc2c(c1)c1cc(C(C)(C)C)ccc1n2-c1cc2c(sc3ccccc32)c(-n2c3ccc(C(C)(C)C)cc3c3cc(C(C)(C)C)ccc32)c1C#N. The molecule has 0 aliphatic heterocycles. The van der Waals surface area contributed by atoms with Crippen LogP contribution in [-0.4, -0.2) is 9.13 Å². The van der Waals surface area contributed by atoms with Crippen LogP contribution in [0.25, 0.3) is 75.2 Å². The summed E-state index contributed by atoms with van der Waals surface area (Å²) in [5.74, 6) is 0. The van der Waals surface area contributed by atoms with E-state index in [9.17, 15) is 5.26 Å². The maximum Gasteiger partial charge on any atom is 0.104 e. The van der Waals surface area contributed by atoms with E-state index in [2.05, 4.69) is 201 Å². The van der Waals surface area contributed by atoms with E-state index < -0.39 is 0 Å². The van der Waals surface area contributed by atoms with Gasteiger partial charge in [0.25, 0.3) is 0 Å². The second-order valence-electron chi connectivity index (χ2n) is 20.3. The summed E-state index contributed by atoms with van der Waals surface area (Å²) in [6, 6.07) is 41.7. The topological polar surface area (TPSA) is 33.6 Å². The molecule has 57 heavy (non-hydrogen) atoms. The van der Waals surface area contributed by atoms with Crippen molar-refractivity contribution in [3.63, 3.8) is 0 Å². The van der Waals surface area contributed by atoms with Crippen molar-refractivity contribution < 1.29 is 0 Å². The fourth-order valence-electron chi connectivity index (χ4n) is 8.74. The Morgan fingerprint density at radius 2 is 0.825 bits per heavy atom. The third kappa shape index (κ3) is 5.80. The Balaban J connectivity index is 1.49. The molecule has 0 spiro atoms. The lowest BCUT2D eigenvalue weighted by Crippen LogP contribution is -2.10. The summed E-state index contributed by atoms with van der Waals surface area (Å²) in [5.41, 5.74) is 12.1. The lowest BCUT2D eigenvalue weighted by Gasteiger charge is -2.20. The minimum atomic E-state index is -0.0169. The van der Waals surface area contributed by atoms with Crippen molar-refractivity contribution >= 4 is 75.1 Å². The average molecular weight is 764 g/mol. The molecule has 0 saturated carbocycles. The van der Waals surface area contributed by atoms with Crippen LogP contribution in [0.3, 0.4) is 0 Å². The lowest BCUT2D eigenvalue weighted by molar-refractivity contribution is 0.590. The van der Waals surface area contributed by atoms with Crippen LogP contribution in [-0.2, 0) is 21.7 Å². The molecule has 0 radical (unpaired) electrons. The summed E-state index contributed by atoms with van der Waals surface area (Å²) in [4.78, 5) is 0. The molecule has 0 amide bonds. The third-order valence-corrected chi connectivity index (χ3v) is 13.4. The number of fused-ring (bicyclic) bond motifs is 9. The second-order valence-corrected chi connectivity index (χ2v) is 21.4. The van der Waals surface area contributed by atoms with E-state index >= 15 is 0 Å². The maximum absolute atomic E-state index is 11.7. The fraction of sp³-hybridized carbons (Fsp3) is 0.302. The largest absolute Gasteiger partial charge is 0.308 e. The van der Waals surface area contributed by atoms with E-state index in [1.165, 1.54) is 59.3 Å². The molecular weight excluding hydrogens is 711 g/mol. The smallest absolute Gasteiger partial charge is 0.104 e. The number of thiophene rings is 1. The zero-order valence-electron chi connectivity index (χ0n) is 35.6. The lowest BCUT2D eigenvalue weighted by atomic mass is 9.85. The van der Waals surface area contributed by atoms with Crippen molar-refractivity contribution in [3.8, 4) is 17.4 Å². The van der Waals surface area contributed by atoms with Gasteiger partial charge < -0.3 is 9.13 Å². The summed E-state index contributed by atoms with van der Waals surface area (Å²) in [6.07, 6.45) is 0. The molecule has 0 atom stereocenters. The van der Waals surface area contributed by atoms with E-state index in [1.807, 2.05) is 0 Å². The Morgan fingerprint density at radius 1 is 0.439 bits per heavy atom. The maximum atomic E-state index is 11.7. The fourth-order valence-corrected chi connectivity index (χ4v) is 9.96. The summed E-state index contributed by atoms with van der Waals surface area (Å²) >= 11 is 1.79. The monoisotopic (exact) mass is 763 g/mol. The molecule has 0 unspecified atom stereocenters. The molecule has 6 aromatic carbocycles. The first kappa shape index (κ1) is 37.2. The van der Waals surface area contributed by atoms with Gasteiger partial charge in [-0.1, -0.05) is 126 Å². The summed E-state index contributed by atoms with van der Waals surface area (Å²) in [6.45, 7) is 27.4. The van der Waals surface area contributed by atoms with Gasteiger partial charge in [0, 0.05) is 37.0 Å². The number of hydrogen-bond donors (Lipinski definition) is 0. The minimum absolute atomic E-state index is 0.0139. The molecule has 0 bridgehead atoms. The number of benzene rings is 6. The van der Waals surface area contributed by atoms with Crippen LogP contribution in [0.5, 0.6) is 0 Å². The van der Waals surface area contributed by atoms with Gasteiger partial charge in [0.2, 0.25) is 0 Å². The Morgan fingerprint density at radius 3 is 1.21 bits per heavy atom. The molecule has 4 heteroatoms. The van der Waals surface area contributed by atoms with E-state index in [-0.39, 0.29) is 21.7 Å². The van der Waals surface area contributed by atoms with Gasteiger partial charge in [0.05, 0.1) is 38.1 Å². The highest BCUT2D eigenvalue weighted by Crippen LogP contribution is 2.47. The van der Waals surface area contributed by atoms with Crippen LogP contribution < -0.4 is 0 Å². The summed E-state index contributed by atoms with van der Waals surface area (Å²) in [5, 5.41) is 18.9. The first-order valence-corrected chi connectivity index (χ1v) is 21.1. The van der Waals surface area contributed by atoms with Gasteiger partial charge in [-0.2, -0.15) is 5.26 Å². The molecule has 9 aromatic rings. The molecule has 9 rings (SSSR count). The van der Waals surface area contributed by atoms with Crippen LogP contribution in [0.1, 0.15) is 111 Å². The Kier molecular flexibility index (Phi) is 8.04. The van der Waals surface area contributed by atoms with Crippen molar-refractivity contribution in [2.24, 2.45) is 0 Å². The van der Waals surface area contributed by atoms with Crippen LogP contribution in [0.4, 0.5) is 0 Å². The zero-order chi connectivity index (χ0) is 40.6. The predicted octanol–water partition coefficient (Wildman–Crippen LogP) is 15.3. The standard InChI is InChI=1S/C53H53N3S/c1-50(2,3)31-17-21-42-36(25-31)37-26-32(51(4,5)6)18-22-43(37)55(42)46-29-40-35-15-13-14-16-47(35)57-49(40)48(41(46)30-54)56-44-23-19-33(52(7,8)9)27-38(44)39-28-34(53(10,11)12)20-24-45(39)56/h13-29H,1-12H3. The van der Waals surface area contributed by atoms with Crippen molar-refractivity contribution in [2.45, 2.75) is 105 Å². The highest BCUT2D eigenvalue weighted by Gasteiger charge is 2.28. The van der Waals surface area contributed by atoms with Gasteiger partial charge in [-0.25, -0.2) is 0 Å². The molecule has 3 heterocycles. The van der Waals surface area contributed by atoms with Crippen molar-refractivity contribution in [1.29, 1.82) is 5.26 Å². The average Bonchev–Trinajstić information content (AvgIpc) is 3.79. The highest BCUT2D eigenvalue weighted by molar-refractivity contribution is 7.26. The van der Waals surface area contributed by atoms with Gasteiger partial charge in [0.1, 0.15) is 11.6 Å². The van der Waals surface area contributed by atoms with Gasteiger partial charge in [-0.05, 0) is 105 Å². The third-order valence-electron chi connectivity index (χ3n) is 12.2. The molecule has 0 fully saturated rings. The first-order valence-electron chi connectivity index (χ1n) is 20.3. The second kappa shape index (κ2) is 12.3. The molecule has 0 aliphatic carbocycles. The van der Waals surface area contributed by atoms with E-state index in [0.717, 1.165) is 38.1 Å². The van der Waals surface area contributed by atoms with E-state index in [1.54, 1.807) is 11.3 Å². The van der Waals surface area contributed by atoms with Crippen LogP contribution in [0.15, 0.2) is 103 Å². The zero-order valence-corrected chi connectivity index (χ0v) is 36.4. The summed E-state index contributed by atoms with van der Waals surface area (Å²) < 4.78 is 7.13. The Bertz CT molecular complexity index is 3020. The van der Waals surface area contributed by atoms with E-state index in [4.69, 9.17) is 0 Å². The number of aromatic nitrogens is 2. The predicted molar refractivity (Wildman–Crippen MR) is 248 cm³/mol. The summed E-state index contributed by atoms with van der Waals surface area (Å²) in [7, 11) is 0. The highest BCUT2D eigenvalue weighted by atomic mass is 32.1. The van der Waals surface area contributed by atoms with Crippen molar-refractivity contribution in [1.82, 2.24) is 9.13 Å². The molecule has 3 nitrogen and oxygen atoms in total. The van der Waals surface area contributed by atoms with Crippen molar-refractivity contribution in [2.75, 3.05) is 0 Å². The Hall–Kier alpha value is -5.37. The van der Waals surface area contributed by atoms with E-state index in [0.29, 0.717) is 5.56 Å². The Labute approximate surface area is 341 Å². The number of rotatable bonds is 2. The number of nitriles is 1. The van der Waals surface area contributed by atoms with Crippen LogP contribution >= 0.6 is 11.3 Å². The molecular formula is C53H53N3S. The van der Waals surface area contributed by atoms with Crippen molar-refractivity contribution in [3.05, 3.63) is 131 Å². The molecule has 3 aromatic heterocycles. The molecule has 286 valence electrons. The van der Waals surface area contributed by atoms with Crippen LogP contribution in [0.2, 0.25) is 0 Å². The molecule has 0 N–H and O–H groups in total. The first-order chi connectivity index (χ1) is 26.8. The van der Waals surface area contributed by atoms with Gasteiger partial charge in [0.15, 0.2) is 0 Å². The quantitative estimate of drug-likeness (QED) is 0.173. The normalized spacial score (nSPS) is 13.2. The van der Waals surface area contributed by atoms with Gasteiger partial charge in [-0.3, -0.25) is 0 Å². The molecule has 0 aliphatic rings. The van der Waals surface area contributed by atoms with Gasteiger partial charge in [-0.15, -0.1) is 11.3 Å². The minimum Gasteiger partial charge on any atom is -0.308 e. The van der Waals surface area contributed by atoms with Gasteiger partial charge >= 0.3 is 0 Å².